The highest BCUT2D eigenvalue weighted by molar-refractivity contribution is 5.85. The largest absolute Gasteiger partial charge is 0.340 e. The van der Waals surface area contributed by atoms with Gasteiger partial charge in [-0.05, 0) is 43.2 Å². The standard InChI is InChI=1S/C19H25N3O2/c23-18(17-9-3-6-14-5-1-2-8-16(14)17)21-11-4-7-15(13-21)22-12-10-20-19(22)24/h1-2,5,8,15,17H,3-4,6-7,9-13H2,(H,20,24)/t15-,17-/m1/s1. The molecule has 1 aromatic carbocycles. The van der Waals surface area contributed by atoms with Crippen LogP contribution >= 0.6 is 0 Å². The van der Waals surface area contributed by atoms with Crippen LogP contribution in [0.5, 0.6) is 0 Å². The van der Waals surface area contributed by atoms with Crippen molar-refractivity contribution in [3.63, 3.8) is 0 Å². The van der Waals surface area contributed by atoms with Crippen LogP contribution in [0.4, 0.5) is 4.79 Å². The molecular formula is C19H25N3O2. The van der Waals surface area contributed by atoms with E-state index in [1.165, 1.54) is 11.1 Å². The minimum Gasteiger partial charge on any atom is -0.340 e. The maximum absolute atomic E-state index is 13.2. The number of fused-ring (bicyclic) bond motifs is 1. The zero-order chi connectivity index (χ0) is 16.5. The number of amides is 3. The Balaban J connectivity index is 1.49. The Morgan fingerprint density at radius 1 is 1.12 bits per heavy atom. The maximum atomic E-state index is 13.2. The molecule has 5 nitrogen and oxygen atoms in total. The molecule has 2 atom stereocenters. The van der Waals surface area contributed by atoms with Crippen LogP contribution in [-0.2, 0) is 11.2 Å². The van der Waals surface area contributed by atoms with Gasteiger partial charge in [0.25, 0.3) is 0 Å². The van der Waals surface area contributed by atoms with E-state index in [-0.39, 0.29) is 23.9 Å². The van der Waals surface area contributed by atoms with E-state index in [9.17, 15) is 9.59 Å². The van der Waals surface area contributed by atoms with Gasteiger partial charge in [0.1, 0.15) is 0 Å². The van der Waals surface area contributed by atoms with Crippen molar-refractivity contribution < 1.29 is 9.59 Å². The van der Waals surface area contributed by atoms with Crippen LogP contribution in [0.15, 0.2) is 24.3 Å². The van der Waals surface area contributed by atoms with Crippen LogP contribution in [-0.4, -0.2) is 54.0 Å². The van der Waals surface area contributed by atoms with Gasteiger partial charge in [-0.3, -0.25) is 4.79 Å². The summed E-state index contributed by atoms with van der Waals surface area (Å²) in [7, 11) is 0. The van der Waals surface area contributed by atoms with E-state index in [2.05, 4.69) is 23.5 Å². The van der Waals surface area contributed by atoms with E-state index < -0.39 is 0 Å². The predicted molar refractivity (Wildman–Crippen MR) is 91.8 cm³/mol. The van der Waals surface area contributed by atoms with E-state index in [1.807, 2.05) is 15.9 Å². The number of hydrogen-bond donors (Lipinski definition) is 1. The summed E-state index contributed by atoms with van der Waals surface area (Å²) in [5.41, 5.74) is 2.55. The SMILES string of the molecule is O=C([C@@H]1CCCc2ccccc21)N1CCC[C@@H](N2CCNC2=O)C1. The molecule has 24 heavy (non-hydrogen) atoms. The van der Waals surface area contributed by atoms with Crippen LogP contribution in [0.2, 0.25) is 0 Å². The molecular weight excluding hydrogens is 302 g/mol. The Kier molecular flexibility index (Phi) is 4.17. The summed E-state index contributed by atoms with van der Waals surface area (Å²) in [6, 6.07) is 8.57. The summed E-state index contributed by atoms with van der Waals surface area (Å²) >= 11 is 0. The van der Waals surface area contributed by atoms with E-state index in [4.69, 9.17) is 0 Å². The average Bonchev–Trinajstić information content (AvgIpc) is 3.07. The first-order chi connectivity index (χ1) is 11.7. The minimum atomic E-state index is 0.00102. The van der Waals surface area contributed by atoms with Crippen LogP contribution in [0, 0.1) is 0 Å². The molecule has 1 aromatic rings. The number of carbonyl (C=O) groups is 2. The lowest BCUT2D eigenvalue weighted by molar-refractivity contribution is -0.135. The third-order valence-corrected chi connectivity index (χ3v) is 5.71. The van der Waals surface area contributed by atoms with Crippen molar-refractivity contribution in [2.24, 2.45) is 0 Å². The van der Waals surface area contributed by atoms with Gasteiger partial charge in [0.15, 0.2) is 0 Å². The van der Waals surface area contributed by atoms with Crippen LogP contribution in [0.3, 0.4) is 0 Å². The van der Waals surface area contributed by atoms with Gasteiger partial charge in [0.2, 0.25) is 5.91 Å². The molecule has 128 valence electrons. The van der Waals surface area contributed by atoms with Gasteiger partial charge >= 0.3 is 6.03 Å². The fourth-order valence-electron chi connectivity index (χ4n) is 4.47. The lowest BCUT2D eigenvalue weighted by atomic mass is 9.81. The summed E-state index contributed by atoms with van der Waals surface area (Å²) < 4.78 is 0. The van der Waals surface area contributed by atoms with Crippen molar-refractivity contribution in [3.8, 4) is 0 Å². The quantitative estimate of drug-likeness (QED) is 0.905. The highest BCUT2D eigenvalue weighted by Crippen LogP contribution is 2.33. The smallest absolute Gasteiger partial charge is 0.317 e. The number of aryl methyl sites for hydroxylation is 1. The number of piperidine rings is 1. The molecule has 2 saturated heterocycles. The molecule has 2 fully saturated rings. The van der Waals surface area contributed by atoms with Crippen molar-refractivity contribution in [1.29, 1.82) is 0 Å². The Labute approximate surface area is 143 Å². The average molecular weight is 327 g/mol. The van der Waals surface area contributed by atoms with Gasteiger partial charge in [-0.2, -0.15) is 0 Å². The van der Waals surface area contributed by atoms with Crippen molar-refractivity contribution in [3.05, 3.63) is 35.4 Å². The number of rotatable bonds is 2. The summed E-state index contributed by atoms with van der Waals surface area (Å²) in [6.45, 7) is 2.99. The molecule has 0 aromatic heterocycles. The molecule has 0 radical (unpaired) electrons. The fourth-order valence-corrected chi connectivity index (χ4v) is 4.47. The molecule has 0 spiro atoms. The zero-order valence-electron chi connectivity index (χ0n) is 14.0. The summed E-state index contributed by atoms with van der Waals surface area (Å²) in [5, 5.41) is 2.87. The molecule has 3 aliphatic rings. The second kappa shape index (κ2) is 6.46. The van der Waals surface area contributed by atoms with Crippen LogP contribution < -0.4 is 5.32 Å². The first-order valence-electron chi connectivity index (χ1n) is 9.15. The van der Waals surface area contributed by atoms with E-state index >= 15 is 0 Å². The monoisotopic (exact) mass is 327 g/mol. The van der Waals surface area contributed by atoms with Crippen LogP contribution in [0.1, 0.15) is 42.7 Å². The molecule has 0 saturated carbocycles. The topological polar surface area (TPSA) is 52.7 Å². The normalized spacial score (nSPS) is 26.9. The molecule has 0 bridgehead atoms. The van der Waals surface area contributed by atoms with E-state index in [0.717, 1.165) is 51.7 Å². The maximum Gasteiger partial charge on any atom is 0.317 e. The molecule has 2 aliphatic heterocycles. The first-order valence-corrected chi connectivity index (χ1v) is 9.15. The van der Waals surface area contributed by atoms with Crippen molar-refractivity contribution in [2.45, 2.75) is 44.1 Å². The number of urea groups is 1. The number of nitrogens with zero attached hydrogens (tertiary/aromatic N) is 2. The summed E-state index contributed by atoms with van der Waals surface area (Å²) in [6.07, 6.45) is 5.09. The number of nitrogens with one attached hydrogen (secondary N) is 1. The zero-order valence-corrected chi connectivity index (χ0v) is 14.0. The molecule has 1 aliphatic carbocycles. The van der Waals surface area contributed by atoms with Crippen molar-refractivity contribution in [1.82, 2.24) is 15.1 Å². The summed E-state index contributed by atoms with van der Waals surface area (Å²) in [5.74, 6) is 0.257. The number of carbonyl (C=O) groups excluding carboxylic acids is 2. The Morgan fingerprint density at radius 3 is 2.83 bits per heavy atom. The van der Waals surface area contributed by atoms with Gasteiger partial charge in [-0.15, -0.1) is 0 Å². The number of likely N-dealkylation sites (tertiary alicyclic amines) is 1. The predicted octanol–water partition coefficient (Wildman–Crippen LogP) is 2.12. The second-order valence-corrected chi connectivity index (χ2v) is 7.15. The Bertz CT molecular complexity index is 645. The Morgan fingerprint density at radius 2 is 2.00 bits per heavy atom. The van der Waals surface area contributed by atoms with Gasteiger partial charge in [0, 0.05) is 26.2 Å². The van der Waals surface area contributed by atoms with E-state index in [1.54, 1.807) is 0 Å². The third kappa shape index (κ3) is 2.76. The molecule has 1 N–H and O–H groups in total. The van der Waals surface area contributed by atoms with E-state index in [0.29, 0.717) is 6.54 Å². The molecule has 3 amide bonds. The fraction of sp³-hybridized carbons (Fsp3) is 0.579. The first kappa shape index (κ1) is 15.5. The molecule has 2 heterocycles. The highest BCUT2D eigenvalue weighted by atomic mass is 16.2. The van der Waals surface area contributed by atoms with Gasteiger partial charge in [-0.25, -0.2) is 4.79 Å². The molecule has 4 rings (SSSR count). The van der Waals surface area contributed by atoms with Gasteiger partial charge in [0.05, 0.1) is 12.0 Å². The summed E-state index contributed by atoms with van der Waals surface area (Å²) in [4.78, 5) is 29.0. The molecule has 5 heteroatoms. The third-order valence-electron chi connectivity index (χ3n) is 5.71. The Hall–Kier alpha value is -2.04. The number of benzene rings is 1. The van der Waals surface area contributed by atoms with Crippen molar-refractivity contribution >= 4 is 11.9 Å². The van der Waals surface area contributed by atoms with Gasteiger partial charge < -0.3 is 15.1 Å². The minimum absolute atomic E-state index is 0.00102. The lowest BCUT2D eigenvalue weighted by Crippen LogP contribution is -2.51. The highest BCUT2D eigenvalue weighted by Gasteiger charge is 2.36. The van der Waals surface area contributed by atoms with Gasteiger partial charge in [-0.1, -0.05) is 24.3 Å². The number of hydrogen-bond acceptors (Lipinski definition) is 2. The second-order valence-electron chi connectivity index (χ2n) is 7.15. The van der Waals surface area contributed by atoms with Crippen molar-refractivity contribution in [2.75, 3.05) is 26.2 Å². The van der Waals surface area contributed by atoms with Crippen LogP contribution in [0.25, 0.3) is 0 Å². The molecule has 0 unspecified atom stereocenters. The lowest BCUT2D eigenvalue weighted by Gasteiger charge is -2.39.